The first-order valence-corrected chi connectivity index (χ1v) is 13.3. The Labute approximate surface area is 202 Å². The molecule has 0 bridgehead atoms. The molecule has 2 heteroatoms. The molecular formula is C31H25PS. The average Bonchev–Trinajstić information content (AvgIpc) is 2.88. The van der Waals surface area contributed by atoms with Gasteiger partial charge in [-0.25, -0.2) is 0 Å². The fourth-order valence-electron chi connectivity index (χ4n) is 3.89. The maximum absolute atomic E-state index is 2.33. The number of hydrogen-bond donors (Lipinski definition) is 0. The molecule has 0 atom stereocenters. The SMILES string of the molecule is C1=CC(Sc2ccc(P(c3ccccc3)c3ccccc3)cc2)=CCC1=Cc1ccccc1. The van der Waals surface area contributed by atoms with E-state index in [-0.39, 0.29) is 0 Å². The molecule has 5 rings (SSSR count). The first kappa shape index (κ1) is 21.7. The lowest BCUT2D eigenvalue weighted by molar-refractivity contribution is 1.27. The molecule has 1 aliphatic carbocycles. The molecule has 0 unspecified atom stereocenters. The third-order valence-corrected chi connectivity index (χ3v) is 9.00. The van der Waals surface area contributed by atoms with Crippen LogP contribution < -0.4 is 15.9 Å². The quantitative estimate of drug-likeness (QED) is 0.269. The van der Waals surface area contributed by atoms with Crippen molar-refractivity contribution in [2.45, 2.75) is 11.3 Å². The highest BCUT2D eigenvalue weighted by Gasteiger charge is 2.16. The molecule has 1 aliphatic rings. The predicted octanol–water partition coefficient (Wildman–Crippen LogP) is 7.46. The second-order valence-electron chi connectivity index (χ2n) is 7.88. The topological polar surface area (TPSA) is 0 Å². The van der Waals surface area contributed by atoms with Crippen LogP contribution in [-0.4, -0.2) is 0 Å². The fourth-order valence-corrected chi connectivity index (χ4v) is 7.02. The van der Waals surface area contributed by atoms with Crippen molar-refractivity contribution in [3.63, 3.8) is 0 Å². The summed E-state index contributed by atoms with van der Waals surface area (Å²) in [4.78, 5) is 2.59. The maximum atomic E-state index is 2.33. The molecule has 0 aliphatic heterocycles. The Morgan fingerprint density at radius 3 is 1.67 bits per heavy atom. The lowest BCUT2D eigenvalue weighted by Crippen LogP contribution is -2.20. The van der Waals surface area contributed by atoms with E-state index in [0.717, 1.165) is 6.42 Å². The number of benzene rings is 4. The van der Waals surface area contributed by atoms with Crippen LogP contribution in [0.1, 0.15) is 12.0 Å². The van der Waals surface area contributed by atoms with Crippen LogP contribution in [0.25, 0.3) is 6.08 Å². The highest BCUT2D eigenvalue weighted by atomic mass is 32.2. The minimum atomic E-state index is -0.554. The van der Waals surface area contributed by atoms with Crippen molar-refractivity contribution in [3.8, 4) is 0 Å². The van der Waals surface area contributed by atoms with Gasteiger partial charge in [-0.05, 0) is 59.6 Å². The molecular weight excluding hydrogens is 435 g/mol. The molecule has 0 N–H and O–H groups in total. The van der Waals surface area contributed by atoms with Gasteiger partial charge in [-0.1, -0.05) is 133 Å². The summed E-state index contributed by atoms with van der Waals surface area (Å²) in [7, 11) is -0.554. The van der Waals surface area contributed by atoms with E-state index in [1.807, 2.05) is 11.8 Å². The van der Waals surface area contributed by atoms with Crippen molar-refractivity contribution in [1.82, 2.24) is 0 Å². The first-order chi connectivity index (χ1) is 16.3. The van der Waals surface area contributed by atoms with Gasteiger partial charge < -0.3 is 0 Å². The Morgan fingerprint density at radius 1 is 0.576 bits per heavy atom. The Kier molecular flexibility index (Phi) is 7.02. The Balaban J connectivity index is 1.31. The third-order valence-electron chi connectivity index (χ3n) is 5.51. The summed E-state index contributed by atoms with van der Waals surface area (Å²) < 4.78 is 0. The van der Waals surface area contributed by atoms with Crippen molar-refractivity contribution in [2.75, 3.05) is 0 Å². The lowest BCUT2D eigenvalue weighted by Gasteiger charge is -2.19. The molecule has 4 aromatic carbocycles. The van der Waals surface area contributed by atoms with Gasteiger partial charge in [-0.2, -0.15) is 0 Å². The van der Waals surface area contributed by atoms with Gasteiger partial charge in [0.15, 0.2) is 0 Å². The minimum Gasteiger partial charge on any atom is -0.0904 e. The lowest BCUT2D eigenvalue weighted by atomic mass is 10.0. The van der Waals surface area contributed by atoms with Crippen LogP contribution in [0.15, 0.2) is 149 Å². The second kappa shape index (κ2) is 10.7. The van der Waals surface area contributed by atoms with Gasteiger partial charge in [0.2, 0.25) is 0 Å². The highest BCUT2D eigenvalue weighted by molar-refractivity contribution is 8.03. The summed E-state index contributed by atoms with van der Waals surface area (Å²) in [5.74, 6) is 0. The number of allylic oxidation sites excluding steroid dienone is 4. The van der Waals surface area contributed by atoms with E-state index < -0.39 is 7.92 Å². The molecule has 0 radical (unpaired) electrons. The van der Waals surface area contributed by atoms with Gasteiger partial charge in [-0.3, -0.25) is 0 Å². The van der Waals surface area contributed by atoms with Crippen LogP contribution in [-0.2, 0) is 0 Å². The average molecular weight is 461 g/mol. The number of thioether (sulfide) groups is 1. The van der Waals surface area contributed by atoms with Crippen LogP contribution in [0, 0.1) is 0 Å². The van der Waals surface area contributed by atoms with Crippen molar-refractivity contribution in [2.24, 2.45) is 0 Å². The Hall–Kier alpha value is -3.12. The standard InChI is InChI=1S/C31H25PS/c1-4-10-25(11-5-1)24-26-16-20-30(21-17-26)33-31-22-18-29(19-23-31)32(27-12-6-2-7-13-27)28-14-8-3-9-15-28/h1-16,18-24H,17H2. The van der Waals surface area contributed by atoms with Crippen LogP contribution in [0.3, 0.4) is 0 Å². The predicted molar refractivity (Wildman–Crippen MR) is 147 cm³/mol. The number of rotatable bonds is 6. The van der Waals surface area contributed by atoms with E-state index in [9.17, 15) is 0 Å². The zero-order valence-corrected chi connectivity index (χ0v) is 20.1. The molecule has 0 saturated carbocycles. The van der Waals surface area contributed by atoms with Crippen molar-refractivity contribution >= 4 is 41.7 Å². The molecule has 0 saturated heterocycles. The Bertz CT molecular complexity index is 1230. The summed E-state index contributed by atoms with van der Waals surface area (Å²) in [6, 6.07) is 41.4. The van der Waals surface area contributed by atoms with Crippen molar-refractivity contribution < 1.29 is 0 Å². The van der Waals surface area contributed by atoms with Crippen LogP contribution in [0.5, 0.6) is 0 Å². The van der Waals surface area contributed by atoms with E-state index >= 15 is 0 Å². The molecule has 0 fully saturated rings. The second-order valence-corrected chi connectivity index (χ2v) is 11.2. The van der Waals surface area contributed by atoms with Crippen LogP contribution in [0.4, 0.5) is 0 Å². The largest absolute Gasteiger partial charge is 0.0904 e. The normalized spacial score (nSPS) is 14.5. The molecule has 160 valence electrons. The molecule has 0 amide bonds. The van der Waals surface area contributed by atoms with E-state index in [1.54, 1.807) is 0 Å². The van der Waals surface area contributed by atoms with E-state index in [4.69, 9.17) is 0 Å². The zero-order valence-electron chi connectivity index (χ0n) is 18.3. The van der Waals surface area contributed by atoms with Gasteiger partial charge >= 0.3 is 0 Å². The summed E-state index contributed by atoms with van der Waals surface area (Å²) in [6.07, 6.45) is 10.0. The smallest absolute Gasteiger partial charge is 0.0122 e. The minimum absolute atomic E-state index is 0.554. The summed E-state index contributed by atoms with van der Waals surface area (Å²) in [6.45, 7) is 0. The molecule has 33 heavy (non-hydrogen) atoms. The fraction of sp³-hybridized carbons (Fsp3) is 0.0323. The van der Waals surface area contributed by atoms with E-state index in [0.29, 0.717) is 0 Å². The maximum Gasteiger partial charge on any atom is 0.0122 e. The molecule has 0 heterocycles. The summed E-state index contributed by atoms with van der Waals surface area (Å²) in [5, 5.41) is 4.15. The molecule has 0 aromatic heterocycles. The van der Waals surface area contributed by atoms with Crippen LogP contribution >= 0.6 is 19.7 Å². The van der Waals surface area contributed by atoms with Gasteiger partial charge in [0.05, 0.1) is 0 Å². The van der Waals surface area contributed by atoms with Crippen LogP contribution in [0.2, 0.25) is 0 Å². The molecule has 4 aromatic rings. The molecule has 0 spiro atoms. The first-order valence-electron chi connectivity index (χ1n) is 11.2. The van der Waals surface area contributed by atoms with E-state index in [2.05, 4.69) is 140 Å². The number of hydrogen-bond acceptors (Lipinski definition) is 1. The van der Waals surface area contributed by atoms with Crippen molar-refractivity contribution in [3.05, 3.63) is 150 Å². The van der Waals surface area contributed by atoms with Gasteiger partial charge in [-0.15, -0.1) is 0 Å². The van der Waals surface area contributed by atoms with Gasteiger partial charge in [0.1, 0.15) is 0 Å². The van der Waals surface area contributed by atoms with Gasteiger partial charge in [0, 0.05) is 9.80 Å². The van der Waals surface area contributed by atoms with Crippen molar-refractivity contribution in [1.29, 1.82) is 0 Å². The summed E-state index contributed by atoms with van der Waals surface area (Å²) in [5.41, 5.74) is 2.60. The van der Waals surface area contributed by atoms with Gasteiger partial charge in [0.25, 0.3) is 0 Å². The summed E-state index contributed by atoms with van der Waals surface area (Å²) >= 11 is 1.84. The van der Waals surface area contributed by atoms with E-state index in [1.165, 1.54) is 36.9 Å². The Morgan fingerprint density at radius 2 is 1.12 bits per heavy atom. The molecule has 0 nitrogen and oxygen atoms in total. The third kappa shape index (κ3) is 5.63. The monoisotopic (exact) mass is 460 g/mol. The highest BCUT2D eigenvalue weighted by Crippen LogP contribution is 2.35. The zero-order chi connectivity index (χ0) is 22.3.